The van der Waals surface area contributed by atoms with Crippen LogP contribution in [0.15, 0.2) is 52.0 Å². The van der Waals surface area contributed by atoms with Gasteiger partial charge < -0.3 is 4.74 Å². The topological polar surface area (TPSA) is 53.9 Å². The number of hydrogen-bond acceptors (Lipinski definition) is 5. The van der Waals surface area contributed by atoms with Gasteiger partial charge in [0.05, 0.1) is 19.7 Å². The molecule has 0 radical (unpaired) electrons. The Labute approximate surface area is 178 Å². The maximum absolute atomic E-state index is 12.1. The maximum Gasteiger partial charge on any atom is 0.244 e. The second kappa shape index (κ2) is 10.6. The van der Waals surface area contributed by atoms with E-state index in [-0.39, 0.29) is 5.91 Å². The fourth-order valence-corrected chi connectivity index (χ4v) is 4.25. The van der Waals surface area contributed by atoms with Crippen LogP contribution in [0.3, 0.4) is 0 Å². The smallest absolute Gasteiger partial charge is 0.244 e. The largest absolute Gasteiger partial charge is 0.496 e. The Hall–Kier alpha value is -1.83. The molecule has 1 saturated heterocycles. The number of rotatable bonds is 7. The van der Waals surface area contributed by atoms with Gasteiger partial charge in [-0.25, -0.2) is 5.43 Å². The Morgan fingerprint density at radius 1 is 1.25 bits per heavy atom. The minimum Gasteiger partial charge on any atom is -0.496 e. The molecule has 28 heavy (non-hydrogen) atoms. The summed E-state index contributed by atoms with van der Waals surface area (Å²) in [5.74, 6) is 3.09. The third kappa shape index (κ3) is 6.36. The van der Waals surface area contributed by atoms with Crippen molar-refractivity contribution in [1.82, 2.24) is 10.3 Å². The number of benzene rings is 2. The van der Waals surface area contributed by atoms with Gasteiger partial charge in [0.2, 0.25) is 5.91 Å². The first-order chi connectivity index (χ1) is 13.6. The van der Waals surface area contributed by atoms with E-state index in [1.54, 1.807) is 13.3 Å². The molecule has 1 amide bonds. The Bertz CT molecular complexity index is 821. The molecule has 0 atom stereocenters. The van der Waals surface area contributed by atoms with Crippen molar-refractivity contribution in [3.63, 3.8) is 0 Å². The summed E-state index contributed by atoms with van der Waals surface area (Å²) in [6, 6.07) is 13.7. The van der Waals surface area contributed by atoms with Gasteiger partial charge in [-0.3, -0.25) is 9.69 Å². The molecule has 3 rings (SSSR count). The van der Waals surface area contributed by atoms with Crippen LogP contribution in [-0.4, -0.2) is 48.7 Å². The van der Waals surface area contributed by atoms with Gasteiger partial charge in [-0.15, -0.1) is 0 Å². The molecule has 0 saturated carbocycles. The van der Waals surface area contributed by atoms with E-state index >= 15 is 0 Å². The average Bonchev–Trinajstić information content (AvgIpc) is 2.71. The highest BCUT2D eigenvalue weighted by molar-refractivity contribution is 9.10. The fourth-order valence-electron chi connectivity index (χ4n) is 3.01. The minimum absolute atomic E-state index is 0.141. The molecule has 1 N–H and O–H groups in total. The van der Waals surface area contributed by atoms with Crippen molar-refractivity contribution in [3.8, 4) is 5.75 Å². The van der Waals surface area contributed by atoms with Gasteiger partial charge in [0, 0.05) is 41.2 Å². The van der Waals surface area contributed by atoms with E-state index in [0.29, 0.717) is 6.42 Å². The van der Waals surface area contributed by atoms with E-state index in [4.69, 9.17) is 4.74 Å². The van der Waals surface area contributed by atoms with Gasteiger partial charge in [0.15, 0.2) is 0 Å². The summed E-state index contributed by atoms with van der Waals surface area (Å²) in [5.41, 5.74) is 5.62. The normalized spacial score (nSPS) is 14.9. The summed E-state index contributed by atoms with van der Waals surface area (Å²) in [7, 11) is 1.70. The number of carbonyl (C=O) groups excluding carboxylic acids is 1. The molecule has 0 aliphatic carbocycles. The lowest BCUT2D eigenvalue weighted by Gasteiger charge is -2.26. The molecular formula is C21H24BrN3O2S. The third-order valence-corrected chi connectivity index (χ3v) is 5.95. The molecule has 0 bridgehead atoms. The van der Waals surface area contributed by atoms with E-state index in [2.05, 4.69) is 37.4 Å². The van der Waals surface area contributed by atoms with Gasteiger partial charge in [0.25, 0.3) is 0 Å². The van der Waals surface area contributed by atoms with Crippen molar-refractivity contribution in [2.24, 2.45) is 5.10 Å². The molecule has 1 aliphatic rings. The van der Waals surface area contributed by atoms with Gasteiger partial charge in [-0.05, 0) is 41.5 Å². The predicted molar refractivity (Wildman–Crippen MR) is 119 cm³/mol. The summed E-state index contributed by atoms with van der Waals surface area (Å²) in [6.07, 6.45) is 1.97. The number of thioether (sulfide) groups is 1. The van der Waals surface area contributed by atoms with E-state index in [1.807, 2.05) is 48.2 Å². The van der Waals surface area contributed by atoms with Crippen LogP contribution in [0.25, 0.3) is 0 Å². The number of hydrogen-bond donors (Lipinski definition) is 1. The van der Waals surface area contributed by atoms with Crippen LogP contribution >= 0.6 is 27.7 Å². The van der Waals surface area contributed by atoms with E-state index in [9.17, 15) is 4.79 Å². The second-order valence-corrected chi connectivity index (χ2v) is 8.70. The molecular weight excluding hydrogens is 438 g/mol. The molecule has 2 aromatic rings. The summed E-state index contributed by atoms with van der Waals surface area (Å²) in [5, 5.41) is 4.11. The van der Waals surface area contributed by atoms with E-state index in [0.717, 1.165) is 46.5 Å². The highest BCUT2D eigenvalue weighted by Gasteiger charge is 2.13. The van der Waals surface area contributed by atoms with Crippen LogP contribution in [0.5, 0.6) is 5.75 Å². The third-order valence-electron chi connectivity index (χ3n) is 4.48. The first-order valence-electron chi connectivity index (χ1n) is 9.17. The molecule has 0 aromatic heterocycles. The Kier molecular flexibility index (Phi) is 7.94. The summed E-state index contributed by atoms with van der Waals surface area (Å²) in [6.45, 7) is 3.05. The maximum atomic E-state index is 12.1. The lowest BCUT2D eigenvalue weighted by Crippen LogP contribution is -2.32. The van der Waals surface area contributed by atoms with Crippen LogP contribution in [0.1, 0.15) is 16.7 Å². The standard InChI is InChI=1S/C21H24BrN3O2S/c1-27-20-7-4-17(12-18(20)15-25-8-10-28-11-9-25)14-23-24-21(26)13-16-2-5-19(22)6-3-16/h2-7,12,14H,8-11,13,15H2,1H3,(H,24,26). The lowest BCUT2D eigenvalue weighted by atomic mass is 10.1. The molecule has 1 fully saturated rings. The van der Waals surface area contributed by atoms with E-state index < -0.39 is 0 Å². The number of methoxy groups -OCH3 is 1. The molecule has 0 spiro atoms. The van der Waals surface area contributed by atoms with Crippen molar-refractivity contribution < 1.29 is 9.53 Å². The number of nitrogens with zero attached hydrogens (tertiary/aromatic N) is 2. The summed E-state index contributed by atoms with van der Waals surface area (Å²) in [4.78, 5) is 14.5. The quantitative estimate of drug-likeness (QED) is 0.504. The molecule has 5 nitrogen and oxygen atoms in total. The van der Waals surface area contributed by atoms with Crippen molar-refractivity contribution in [1.29, 1.82) is 0 Å². The van der Waals surface area contributed by atoms with Crippen LogP contribution in [0.2, 0.25) is 0 Å². The average molecular weight is 462 g/mol. The molecule has 0 unspecified atom stereocenters. The number of carbonyl (C=O) groups is 1. The minimum atomic E-state index is -0.141. The van der Waals surface area contributed by atoms with Crippen molar-refractivity contribution >= 4 is 39.8 Å². The zero-order valence-electron chi connectivity index (χ0n) is 15.9. The summed E-state index contributed by atoms with van der Waals surface area (Å²) < 4.78 is 6.50. The van der Waals surface area contributed by atoms with Gasteiger partial charge in [-0.2, -0.15) is 16.9 Å². The first-order valence-corrected chi connectivity index (χ1v) is 11.1. The number of amides is 1. The first kappa shape index (κ1) is 20.9. The highest BCUT2D eigenvalue weighted by Crippen LogP contribution is 2.22. The zero-order chi connectivity index (χ0) is 19.8. The molecule has 7 heteroatoms. The molecule has 1 aliphatic heterocycles. The molecule has 2 aromatic carbocycles. The fraction of sp³-hybridized carbons (Fsp3) is 0.333. The van der Waals surface area contributed by atoms with E-state index in [1.165, 1.54) is 11.5 Å². The Morgan fingerprint density at radius 2 is 2.00 bits per heavy atom. The number of nitrogens with one attached hydrogen (secondary N) is 1. The molecule has 1 heterocycles. The van der Waals surface area contributed by atoms with Crippen molar-refractivity contribution in [2.45, 2.75) is 13.0 Å². The van der Waals surface area contributed by atoms with Crippen LogP contribution in [0.4, 0.5) is 0 Å². The Morgan fingerprint density at radius 3 is 2.71 bits per heavy atom. The van der Waals surface area contributed by atoms with Crippen molar-refractivity contribution in [3.05, 3.63) is 63.6 Å². The van der Waals surface area contributed by atoms with Crippen LogP contribution in [0, 0.1) is 0 Å². The number of ether oxygens (including phenoxy) is 1. The predicted octanol–water partition coefficient (Wildman–Crippen LogP) is 3.70. The lowest BCUT2D eigenvalue weighted by molar-refractivity contribution is -0.120. The van der Waals surface area contributed by atoms with Crippen LogP contribution in [-0.2, 0) is 17.8 Å². The summed E-state index contributed by atoms with van der Waals surface area (Å²) >= 11 is 5.39. The highest BCUT2D eigenvalue weighted by atomic mass is 79.9. The monoisotopic (exact) mass is 461 g/mol. The second-order valence-electron chi connectivity index (χ2n) is 6.56. The van der Waals surface area contributed by atoms with Gasteiger partial charge in [-0.1, -0.05) is 28.1 Å². The number of hydrazone groups is 1. The zero-order valence-corrected chi connectivity index (χ0v) is 18.3. The Balaban J connectivity index is 1.58. The van der Waals surface area contributed by atoms with Gasteiger partial charge >= 0.3 is 0 Å². The van der Waals surface area contributed by atoms with Crippen LogP contribution < -0.4 is 10.2 Å². The van der Waals surface area contributed by atoms with Gasteiger partial charge in [0.1, 0.15) is 5.75 Å². The number of halogens is 1. The molecule has 148 valence electrons. The SMILES string of the molecule is COc1ccc(C=NNC(=O)Cc2ccc(Br)cc2)cc1CN1CCSCC1. The van der Waals surface area contributed by atoms with Crippen molar-refractivity contribution in [2.75, 3.05) is 31.7 Å².